The molecule has 0 heterocycles. The summed E-state index contributed by atoms with van der Waals surface area (Å²) in [5.74, 6) is 0. The Labute approximate surface area is 105 Å². The second-order valence-corrected chi connectivity index (χ2v) is 4.89. The van der Waals surface area contributed by atoms with Gasteiger partial charge in [-0.15, -0.1) is 0 Å². The van der Waals surface area contributed by atoms with Crippen LogP contribution in [0.4, 0.5) is 0 Å². The van der Waals surface area contributed by atoms with Crippen molar-refractivity contribution in [3.8, 4) is 0 Å². The van der Waals surface area contributed by atoms with Gasteiger partial charge in [0.1, 0.15) is 0 Å². The number of ether oxygens (including phenoxy) is 1. The van der Waals surface area contributed by atoms with Crippen LogP contribution in [-0.2, 0) is 4.74 Å². The molecule has 17 heavy (non-hydrogen) atoms. The Morgan fingerprint density at radius 1 is 1.12 bits per heavy atom. The third-order valence-electron chi connectivity index (χ3n) is 3.26. The summed E-state index contributed by atoms with van der Waals surface area (Å²) >= 11 is 0. The fraction of sp³-hybridized carbons (Fsp3) is 0.600. The van der Waals surface area contributed by atoms with Crippen LogP contribution in [0.1, 0.15) is 42.5 Å². The normalized spacial score (nSPS) is 14.6. The number of nitrogens with one attached hydrogen (secondary N) is 1. The molecule has 0 aliphatic heterocycles. The van der Waals surface area contributed by atoms with Gasteiger partial charge in [-0.1, -0.05) is 29.3 Å². The summed E-state index contributed by atoms with van der Waals surface area (Å²) in [6, 6.07) is 7.18. The molecule has 2 heteroatoms. The molecule has 0 aliphatic rings. The number of methoxy groups -OCH3 is 1. The number of hydrogen-bond donors (Lipinski definition) is 1. The van der Waals surface area contributed by atoms with Crippen LogP contribution < -0.4 is 5.32 Å². The standard InChI is InChI=1S/C15H25NO/c1-11-8-12(2)10-14(9-11)15(16-4)7-6-13(3)17-5/h8-10,13,15-16H,6-7H2,1-5H3. The Morgan fingerprint density at radius 2 is 1.71 bits per heavy atom. The first kappa shape index (κ1) is 14.2. The van der Waals surface area contributed by atoms with Crippen LogP contribution in [-0.4, -0.2) is 20.3 Å². The van der Waals surface area contributed by atoms with Crippen LogP contribution in [0.2, 0.25) is 0 Å². The first-order chi connectivity index (χ1) is 8.06. The lowest BCUT2D eigenvalue weighted by Gasteiger charge is -2.19. The Morgan fingerprint density at radius 3 is 2.18 bits per heavy atom. The minimum Gasteiger partial charge on any atom is -0.382 e. The second-order valence-electron chi connectivity index (χ2n) is 4.89. The van der Waals surface area contributed by atoms with E-state index >= 15 is 0 Å². The van der Waals surface area contributed by atoms with Gasteiger partial charge in [0.05, 0.1) is 6.10 Å². The van der Waals surface area contributed by atoms with Crippen molar-refractivity contribution >= 4 is 0 Å². The summed E-state index contributed by atoms with van der Waals surface area (Å²) in [7, 11) is 3.80. The molecule has 0 fully saturated rings. The van der Waals surface area contributed by atoms with Crippen LogP contribution in [0.5, 0.6) is 0 Å². The van der Waals surface area contributed by atoms with Crippen LogP contribution in [0, 0.1) is 13.8 Å². The minimum atomic E-state index is 0.330. The van der Waals surface area contributed by atoms with Crippen molar-refractivity contribution in [2.24, 2.45) is 0 Å². The molecule has 1 N–H and O–H groups in total. The number of hydrogen-bond acceptors (Lipinski definition) is 2. The van der Waals surface area contributed by atoms with E-state index in [0.29, 0.717) is 12.1 Å². The molecule has 1 aromatic rings. The van der Waals surface area contributed by atoms with Crippen molar-refractivity contribution < 1.29 is 4.74 Å². The highest BCUT2D eigenvalue weighted by molar-refractivity contribution is 5.30. The van der Waals surface area contributed by atoms with Gasteiger partial charge in [-0.25, -0.2) is 0 Å². The van der Waals surface area contributed by atoms with Crippen LogP contribution in [0.25, 0.3) is 0 Å². The molecule has 1 rings (SSSR count). The summed E-state index contributed by atoms with van der Waals surface area (Å²) in [6.45, 7) is 6.43. The molecule has 0 bridgehead atoms. The predicted molar refractivity (Wildman–Crippen MR) is 73.4 cm³/mol. The van der Waals surface area contributed by atoms with Gasteiger partial charge in [-0.2, -0.15) is 0 Å². The molecular formula is C15H25NO. The molecule has 0 saturated heterocycles. The van der Waals surface area contributed by atoms with Crippen molar-refractivity contribution in [2.45, 2.75) is 45.8 Å². The van der Waals surface area contributed by atoms with E-state index in [1.165, 1.54) is 16.7 Å². The monoisotopic (exact) mass is 235 g/mol. The third-order valence-corrected chi connectivity index (χ3v) is 3.26. The summed E-state index contributed by atoms with van der Waals surface area (Å²) in [6.07, 6.45) is 2.51. The Balaban J connectivity index is 2.72. The van der Waals surface area contributed by atoms with E-state index in [4.69, 9.17) is 4.74 Å². The predicted octanol–water partition coefficient (Wildman–Crippen LogP) is 3.38. The van der Waals surface area contributed by atoms with E-state index in [-0.39, 0.29) is 0 Å². The van der Waals surface area contributed by atoms with Gasteiger partial charge >= 0.3 is 0 Å². The van der Waals surface area contributed by atoms with E-state index in [1.807, 2.05) is 7.05 Å². The van der Waals surface area contributed by atoms with E-state index in [9.17, 15) is 0 Å². The molecular weight excluding hydrogens is 210 g/mol. The highest BCUT2D eigenvalue weighted by Crippen LogP contribution is 2.22. The molecule has 2 atom stereocenters. The molecule has 1 aromatic carbocycles. The lowest BCUT2D eigenvalue weighted by atomic mass is 9.97. The number of aryl methyl sites for hydroxylation is 2. The topological polar surface area (TPSA) is 21.3 Å². The van der Waals surface area contributed by atoms with Gasteiger partial charge in [0.2, 0.25) is 0 Å². The van der Waals surface area contributed by atoms with Crippen molar-refractivity contribution in [1.82, 2.24) is 5.32 Å². The molecule has 0 aromatic heterocycles. The number of rotatable bonds is 6. The van der Waals surface area contributed by atoms with E-state index in [0.717, 1.165) is 12.8 Å². The zero-order valence-electron chi connectivity index (χ0n) is 11.7. The average molecular weight is 235 g/mol. The highest BCUT2D eigenvalue weighted by Gasteiger charge is 2.11. The maximum atomic E-state index is 5.30. The van der Waals surface area contributed by atoms with Gasteiger partial charge in [-0.05, 0) is 46.2 Å². The van der Waals surface area contributed by atoms with Crippen LogP contribution in [0.15, 0.2) is 18.2 Å². The first-order valence-corrected chi connectivity index (χ1v) is 6.35. The summed E-state index contributed by atoms with van der Waals surface area (Å²) in [5.41, 5.74) is 4.05. The molecule has 0 aliphatic carbocycles. The fourth-order valence-electron chi connectivity index (χ4n) is 2.21. The van der Waals surface area contributed by atoms with Crippen molar-refractivity contribution in [1.29, 1.82) is 0 Å². The summed E-state index contributed by atoms with van der Waals surface area (Å²) in [5, 5.41) is 3.40. The van der Waals surface area contributed by atoms with Gasteiger partial charge < -0.3 is 10.1 Å². The molecule has 0 radical (unpaired) electrons. The largest absolute Gasteiger partial charge is 0.382 e. The Kier molecular flexibility index (Phi) is 5.66. The molecule has 0 amide bonds. The van der Waals surface area contributed by atoms with E-state index < -0.39 is 0 Å². The smallest absolute Gasteiger partial charge is 0.0543 e. The van der Waals surface area contributed by atoms with Crippen molar-refractivity contribution in [3.63, 3.8) is 0 Å². The molecule has 2 nitrogen and oxygen atoms in total. The van der Waals surface area contributed by atoms with Crippen molar-refractivity contribution in [3.05, 3.63) is 34.9 Å². The lowest BCUT2D eigenvalue weighted by molar-refractivity contribution is 0.106. The lowest BCUT2D eigenvalue weighted by Crippen LogP contribution is -2.19. The van der Waals surface area contributed by atoms with Gasteiger partial charge in [-0.3, -0.25) is 0 Å². The summed E-state index contributed by atoms with van der Waals surface area (Å²) < 4.78 is 5.30. The van der Waals surface area contributed by atoms with Gasteiger partial charge in [0.25, 0.3) is 0 Å². The average Bonchev–Trinajstić information content (AvgIpc) is 2.28. The SMILES string of the molecule is CNC(CCC(C)OC)c1cc(C)cc(C)c1. The minimum absolute atomic E-state index is 0.330. The van der Waals surface area contributed by atoms with Crippen molar-refractivity contribution in [2.75, 3.05) is 14.2 Å². The summed E-state index contributed by atoms with van der Waals surface area (Å²) in [4.78, 5) is 0. The molecule has 2 unspecified atom stereocenters. The first-order valence-electron chi connectivity index (χ1n) is 6.35. The number of benzene rings is 1. The molecule has 0 saturated carbocycles. The second kappa shape index (κ2) is 6.77. The Bertz CT molecular complexity index is 329. The molecule has 0 spiro atoms. The quantitative estimate of drug-likeness (QED) is 0.816. The van der Waals surface area contributed by atoms with Crippen LogP contribution >= 0.6 is 0 Å². The molecule has 96 valence electrons. The third kappa shape index (κ3) is 4.49. The van der Waals surface area contributed by atoms with E-state index in [2.05, 4.69) is 44.3 Å². The van der Waals surface area contributed by atoms with Gasteiger partial charge in [0, 0.05) is 13.2 Å². The van der Waals surface area contributed by atoms with E-state index in [1.54, 1.807) is 7.11 Å². The van der Waals surface area contributed by atoms with Gasteiger partial charge in [0.15, 0.2) is 0 Å². The Hall–Kier alpha value is -0.860. The fourth-order valence-corrected chi connectivity index (χ4v) is 2.21. The zero-order chi connectivity index (χ0) is 12.8. The maximum absolute atomic E-state index is 5.30. The zero-order valence-corrected chi connectivity index (χ0v) is 11.7. The van der Waals surface area contributed by atoms with Crippen LogP contribution in [0.3, 0.4) is 0 Å². The maximum Gasteiger partial charge on any atom is 0.0543 e. The highest BCUT2D eigenvalue weighted by atomic mass is 16.5.